The lowest BCUT2D eigenvalue weighted by Crippen LogP contribution is -2.39. The third kappa shape index (κ3) is 7.53. The Morgan fingerprint density at radius 1 is 1.15 bits per heavy atom. The standard InChI is InChI=1S/C16H22F3N5S2.HI/c1-4-11-10(2)26-14(23-11)6-8-22-15(20-3)21-7-5-13-24-12(9-25-13)16(17,18)19;/h9H,4-8H2,1-3H3,(H2,20,21,22);1H. The maximum absolute atomic E-state index is 12.5. The van der Waals surface area contributed by atoms with Crippen LogP contribution in [-0.4, -0.2) is 36.1 Å². The SMILES string of the molecule is CCc1nc(CCNC(=NC)NCCc2nc(C(F)(F)F)cs2)sc1C.I. The van der Waals surface area contributed by atoms with Gasteiger partial charge >= 0.3 is 6.18 Å². The summed E-state index contributed by atoms with van der Waals surface area (Å²) in [5, 5.41) is 8.86. The monoisotopic (exact) mass is 533 g/mol. The van der Waals surface area contributed by atoms with Crippen molar-refractivity contribution in [3.05, 3.63) is 31.7 Å². The number of hydrogen-bond donors (Lipinski definition) is 2. The zero-order valence-corrected chi connectivity index (χ0v) is 19.3. The van der Waals surface area contributed by atoms with Gasteiger partial charge in [0.25, 0.3) is 0 Å². The highest BCUT2D eigenvalue weighted by Crippen LogP contribution is 2.30. The Kier molecular flexibility index (Phi) is 9.95. The third-order valence-corrected chi connectivity index (χ3v) is 5.58. The summed E-state index contributed by atoms with van der Waals surface area (Å²) in [5.74, 6) is 0.613. The summed E-state index contributed by atoms with van der Waals surface area (Å²) in [4.78, 5) is 13.6. The molecule has 0 spiro atoms. The molecule has 27 heavy (non-hydrogen) atoms. The van der Waals surface area contributed by atoms with Crippen molar-refractivity contribution in [1.82, 2.24) is 20.6 Å². The van der Waals surface area contributed by atoms with E-state index in [2.05, 4.69) is 39.4 Å². The summed E-state index contributed by atoms with van der Waals surface area (Å²) in [5.41, 5.74) is 0.319. The zero-order valence-electron chi connectivity index (χ0n) is 15.3. The normalized spacial score (nSPS) is 12.0. The molecule has 5 nitrogen and oxygen atoms in total. The number of aryl methyl sites for hydroxylation is 2. The number of halogens is 4. The summed E-state index contributed by atoms with van der Waals surface area (Å²) < 4.78 is 37.6. The van der Waals surface area contributed by atoms with Crippen molar-refractivity contribution >= 4 is 52.6 Å². The first kappa shape index (κ1) is 24.1. The second kappa shape index (κ2) is 11.1. The van der Waals surface area contributed by atoms with Gasteiger partial charge in [0.05, 0.1) is 15.7 Å². The molecule has 0 amide bonds. The second-order valence-corrected chi connectivity index (χ2v) is 7.74. The molecule has 2 rings (SSSR count). The fourth-order valence-corrected chi connectivity index (χ4v) is 4.10. The van der Waals surface area contributed by atoms with Gasteiger partial charge in [-0.3, -0.25) is 4.99 Å². The molecular formula is C16H23F3IN5S2. The van der Waals surface area contributed by atoms with E-state index in [-0.39, 0.29) is 24.0 Å². The molecule has 2 aromatic rings. The summed E-state index contributed by atoms with van der Waals surface area (Å²) >= 11 is 2.73. The molecular weight excluding hydrogens is 510 g/mol. The van der Waals surface area contributed by atoms with Crippen molar-refractivity contribution in [2.75, 3.05) is 20.1 Å². The molecule has 2 N–H and O–H groups in total. The number of rotatable bonds is 7. The zero-order chi connectivity index (χ0) is 19.2. The maximum atomic E-state index is 12.5. The highest BCUT2D eigenvalue weighted by Gasteiger charge is 2.33. The van der Waals surface area contributed by atoms with Gasteiger partial charge in [-0.1, -0.05) is 6.92 Å². The Bertz CT molecular complexity index is 743. The molecule has 0 radical (unpaired) electrons. The number of alkyl halides is 3. The van der Waals surface area contributed by atoms with Crippen molar-refractivity contribution in [3.8, 4) is 0 Å². The van der Waals surface area contributed by atoms with Crippen molar-refractivity contribution in [2.24, 2.45) is 4.99 Å². The molecule has 0 unspecified atom stereocenters. The fraction of sp³-hybridized carbons (Fsp3) is 0.562. The predicted octanol–water partition coefficient (Wildman–Crippen LogP) is 4.06. The average molecular weight is 533 g/mol. The lowest BCUT2D eigenvalue weighted by atomic mass is 10.3. The molecule has 2 aromatic heterocycles. The minimum Gasteiger partial charge on any atom is -0.356 e. The highest BCUT2D eigenvalue weighted by atomic mass is 127. The molecule has 0 aliphatic rings. The van der Waals surface area contributed by atoms with Crippen LogP contribution >= 0.6 is 46.7 Å². The van der Waals surface area contributed by atoms with Crippen molar-refractivity contribution in [3.63, 3.8) is 0 Å². The lowest BCUT2D eigenvalue weighted by molar-refractivity contribution is -0.140. The van der Waals surface area contributed by atoms with E-state index in [1.165, 1.54) is 4.88 Å². The van der Waals surface area contributed by atoms with Crippen LogP contribution in [0.3, 0.4) is 0 Å². The minimum absolute atomic E-state index is 0. The molecule has 11 heteroatoms. The van der Waals surface area contributed by atoms with Gasteiger partial charge in [0, 0.05) is 43.2 Å². The van der Waals surface area contributed by atoms with Crippen LogP contribution in [-0.2, 0) is 25.4 Å². The van der Waals surface area contributed by atoms with Gasteiger partial charge < -0.3 is 10.6 Å². The van der Waals surface area contributed by atoms with Crippen molar-refractivity contribution < 1.29 is 13.2 Å². The summed E-state index contributed by atoms with van der Waals surface area (Å²) in [7, 11) is 1.66. The van der Waals surface area contributed by atoms with Gasteiger partial charge in [0.2, 0.25) is 0 Å². The van der Waals surface area contributed by atoms with Crippen LogP contribution < -0.4 is 10.6 Å². The van der Waals surface area contributed by atoms with E-state index < -0.39 is 11.9 Å². The molecule has 0 aromatic carbocycles. The Morgan fingerprint density at radius 2 is 1.78 bits per heavy atom. The molecule has 0 aliphatic heterocycles. The topological polar surface area (TPSA) is 62.2 Å². The minimum atomic E-state index is -4.38. The van der Waals surface area contributed by atoms with Crippen LogP contribution in [0.25, 0.3) is 0 Å². The fourth-order valence-electron chi connectivity index (χ4n) is 2.27. The Morgan fingerprint density at radius 3 is 2.26 bits per heavy atom. The Labute approximate surface area is 181 Å². The number of aliphatic imine (C=N–C) groups is 1. The molecule has 0 fully saturated rings. The number of hydrogen-bond acceptors (Lipinski definition) is 5. The van der Waals surface area contributed by atoms with E-state index in [1.54, 1.807) is 18.4 Å². The van der Waals surface area contributed by atoms with Gasteiger partial charge in [-0.25, -0.2) is 9.97 Å². The largest absolute Gasteiger partial charge is 0.434 e. The summed E-state index contributed by atoms with van der Waals surface area (Å²) in [6.45, 7) is 5.32. The number of aromatic nitrogens is 2. The first-order valence-electron chi connectivity index (χ1n) is 8.24. The van der Waals surface area contributed by atoms with Crippen LogP contribution in [0.1, 0.15) is 33.2 Å². The average Bonchev–Trinajstić information content (AvgIpc) is 3.19. The molecule has 0 aliphatic carbocycles. The third-order valence-electron chi connectivity index (χ3n) is 3.60. The second-order valence-electron chi connectivity index (χ2n) is 5.51. The van der Waals surface area contributed by atoms with Crippen LogP contribution in [0, 0.1) is 6.92 Å². The molecule has 2 heterocycles. The Hall–Kier alpha value is -0.950. The molecule has 0 atom stereocenters. The van der Waals surface area contributed by atoms with Gasteiger partial charge in [-0.2, -0.15) is 13.2 Å². The molecule has 0 saturated heterocycles. The number of guanidine groups is 1. The van der Waals surface area contributed by atoms with Crippen LogP contribution in [0.15, 0.2) is 10.4 Å². The Balaban J connectivity index is 0.00000364. The van der Waals surface area contributed by atoms with Gasteiger partial charge in [0.1, 0.15) is 0 Å². The van der Waals surface area contributed by atoms with Crippen molar-refractivity contribution in [2.45, 2.75) is 39.3 Å². The van der Waals surface area contributed by atoms with Gasteiger partial charge in [-0.05, 0) is 13.3 Å². The predicted molar refractivity (Wildman–Crippen MR) is 116 cm³/mol. The summed E-state index contributed by atoms with van der Waals surface area (Å²) in [6, 6.07) is 0. The number of nitrogens with zero attached hydrogens (tertiary/aromatic N) is 3. The molecule has 152 valence electrons. The molecule has 0 saturated carbocycles. The number of nitrogens with one attached hydrogen (secondary N) is 2. The van der Waals surface area contributed by atoms with E-state index in [4.69, 9.17) is 0 Å². The van der Waals surface area contributed by atoms with E-state index in [0.29, 0.717) is 30.5 Å². The van der Waals surface area contributed by atoms with Gasteiger partial charge in [0.15, 0.2) is 11.7 Å². The first-order chi connectivity index (χ1) is 12.3. The van der Waals surface area contributed by atoms with E-state index in [9.17, 15) is 13.2 Å². The van der Waals surface area contributed by atoms with E-state index in [1.807, 2.05) is 0 Å². The lowest BCUT2D eigenvalue weighted by Gasteiger charge is -2.10. The van der Waals surface area contributed by atoms with Crippen molar-refractivity contribution in [1.29, 1.82) is 0 Å². The van der Waals surface area contributed by atoms with Gasteiger partial charge in [-0.15, -0.1) is 46.7 Å². The quantitative estimate of drug-likeness (QED) is 0.320. The first-order valence-corrected chi connectivity index (χ1v) is 9.94. The van der Waals surface area contributed by atoms with Crippen LogP contribution in [0.5, 0.6) is 0 Å². The van der Waals surface area contributed by atoms with E-state index >= 15 is 0 Å². The highest BCUT2D eigenvalue weighted by molar-refractivity contribution is 14.0. The maximum Gasteiger partial charge on any atom is 0.434 e. The summed E-state index contributed by atoms with van der Waals surface area (Å²) in [6.07, 6.45) is -2.24. The van der Waals surface area contributed by atoms with Crippen LogP contribution in [0.4, 0.5) is 13.2 Å². The van der Waals surface area contributed by atoms with Crippen LogP contribution in [0.2, 0.25) is 0 Å². The molecule has 0 bridgehead atoms. The number of thiazole rings is 2. The van der Waals surface area contributed by atoms with E-state index in [0.717, 1.165) is 40.3 Å². The smallest absolute Gasteiger partial charge is 0.356 e.